The van der Waals surface area contributed by atoms with Crippen LogP contribution in [0.3, 0.4) is 0 Å². The van der Waals surface area contributed by atoms with Crippen LogP contribution in [0.4, 0.5) is 26.3 Å². The van der Waals surface area contributed by atoms with Gasteiger partial charge in [-0.3, -0.25) is 29.2 Å². The maximum Gasteiger partial charge on any atom is 0.495 e. The van der Waals surface area contributed by atoms with Crippen LogP contribution >= 0.6 is 15.9 Å². The number of benzene rings is 2. The Kier molecular flexibility index (Phi) is 16.7. The Morgan fingerprint density at radius 1 is 0.655 bits per heavy atom. The predicted molar refractivity (Wildman–Crippen MR) is 207 cm³/mol. The summed E-state index contributed by atoms with van der Waals surface area (Å²) in [5.74, 6) is -0.968. The number of carbonyl (C=O) groups is 2. The van der Waals surface area contributed by atoms with Crippen LogP contribution in [0.1, 0.15) is 38.8 Å². The number of esters is 2. The van der Waals surface area contributed by atoms with Gasteiger partial charge in [0.1, 0.15) is 30.3 Å². The first-order valence-corrected chi connectivity index (χ1v) is 19.6. The smallest absolute Gasteiger partial charge is 0.492 e. The van der Waals surface area contributed by atoms with E-state index in [1.54, 1.807) is 27.7 Å². The molecule has 0 saturated carbocycles. The molecule has 3 aliphatic heterocycles. The second kappa shape index (κ2) is 20.4. The number of piperazine rings is 2. The number of nitrogens with zero attached hydrogens (tertiary/aromatic N) is 4. The molecule has 58 heavy (non-hydrogen) atoms. The van der Waals surface area contributed by atoms with Gasteiger partial charge in [0.15, 0.2) is 0 Å². The zero-order valence-corrected chi connectivity index (χ0v) is 35.2. The summed E-state index contributed by atoms with van der Waals surface area (Å²) in [6.07, 6.45) is -9.11. The first kappa shape index (κ1) is 47.5. The van der Waals surface area contributed by atoms with Crippen molar-refractivity contribution in [3.05, 3.63) is 52.0 Å². The Bertz CT molecular complexity index is 1660. The van der Waals surface area contributed by atoms with Crippen LogP contribution in [0.2, 0.25) is 0 Å². The van der Waals surface area contributed by atoms with Crippen LogP contribution in [0, 0.1) is 0 Å². The molecule has 0 spiro atoms. The Balaban J connectivity index is 0.000000267. The van der Waals surface area contributed by atoms with E-state index in [9.17, 15) is 35.9 Å². The highest BCUT2D eigenvalue weighted by atomic mass is 79.9. The molecular formula is C38H52BBrF6N4O8. The zero-order valence-electron chi connectivity index (χ0n) is 33.6. The van der Waals surface area contributed by atoms with Gasteiger partial charge < -0.3 is 28.3 Å². The fourth-order valence-corrected chi connectivity index (χ4v) is 7.02. The van der Waals surface area contributed by atoms with E-state index in [4.69, 9.17) is 18.8 Å². The predicted octanol–water partition coefficient (Wildman–Crippen LogP) is 4.81. The summed E-state index contributed by atoms with van der Waals surface area (Å²) < 4.78 is 113. The van der Waals surface area contributed by atoms with Crippen LogP contribution in [-0.2, 0) is 40.7 Å². The first-order chi connectivity index (χ1) is 27.1. The van der Waals surface area contributed by atoms with Gasteiger partial charge in [-0.15, -0.1) is 0 Å². The van der Waals surface area contributed by atoms with E-state index in [2.05, 4.69) is 35.2 Å². The van der Waals surface area contributed by atoms with E-state index in [1.807, 2.05) is 9.80 Å². The Hall–Kier alpha value is -3.14. The van der Waals surface area contributed by atoms with Crippen molar-refractivity contribution in [2.45, 2.75) is 51.2 Å². The molecule has 5 rings (SSSR count). The number of methoxy groups -OCH3 is 2. The largest absolute Gasteiger partial charge is 0.495 e. The minimum atomic E-state index is -4.63. The molecule has 20 heteroatoms. The van der Waals surface area contributed by atoms with Crippen LogP contribution in [0.5, 0.6) is 11.5 Å². The third kappa shape index (κ3) is 13.2. The van der Waals surface area contributed by atoms with Crippen LogP contribution in [0.15, 0.2) is 40.9 Å². The molecule has 0 unspecified atom stereocenters. The summed E-state index contributed by atoms with van der Waals surface area (Å²) in [7, 11) is 1.57. The van der Waals surface area contributed by atoms with Crippen molar-refractivity contribution in [1.29, 1.82) is 0 Å². The van der Waals surface area contributed by atoms with Gasteiger partial charge in [0, 0.05) is 69.9 Å². The highest BCUT2D eigenvalue weighted by molar-refractivity contribution is 9.10. The lowest BCUT2D eigenvalue weighted by Gasteiger charge is -2.33. The lowest BCUT2D eigenvalue weighted by Crippen LogP contribution is -2.49. The molecule has 3 heterocycles. The summed E-state index contributed by atoms with van der Waals surface area (Å²) >= 11 is 2.93. The average Bonchev–Trinajstić information content (AvgIpc) is 3.37. The standard InChI is InChI=1S/C22H32BF3N2O5.C16H20BrF3N2O3/c1-20(2)21(3,4)33-23(32-20)16-7-6-8-17(19(16)22(24,25)26)31-14-13-27-9-11-28(12-10-27)15-18(29)30-5;1-24-14(23)11-22-7-5-21(6-8-22)9-10-25-13-4-2-3-12(17)15(13)16(18,19)20/h6-8H,9-15H2,1-5H3;2-4H,5-11H2,1H3. The SMILES string of the molecule is COC(=O)CN1CCN(CCOc2cccc(B3OC(C)(C)C(C)(C)O3)c2C(F)(F)F)CC1.COC(=O)CN1CCN(CCOc2cccc(Br)c2C(F)(F)F)CC1. The van der Waals surface area contributed by atoms with Gasteiger partial charge in [-0.05, 0) is 51.4 Å². The highest BCUT2D eigenvalue weighted by Gasteiger charge is 2.54. The van der Waals surface area contributed by atoms with Crippen molar-refractivity contribution >= 4 is 40.4 Å². The second-order valence-corrected chi connectivity index (χ2v) is 15.9. The molecule has 0 aliphatic carbocycles. The topological polar surface area (TPSA) is 102 Å². The molecule has 3 saturated heterocycles. The summed E-state index contributed by atoms with van der Waals surface area (Å²) in [5.41, 5.74) is -3.26. The molecule has 3 fully saturated rings. The van der Waals surface area contributed by atoms with Gasteiger partial charge in [0.05, 0.1) is 44.1 Å². The van der Waals surface area contributed by atoms with Crippen molar-refractivity contribution < 1.29 is 64.2 Å². The maximum absolute atomic E-state index is 14.1. The van der Waals surface area contributed by atoms with E-state index in [1.165, 1.54) is 50.6 Å². The number of carbonyl (C=O) groups excluding carboxylic acids is 2. The number of halogens is 7. The number of alkyl halides is 6. The van der Waals surface area contributed by atoms with Crippen LogP contribution < -0.4 is 14.9 Å². The van der Waals surface area contributed by atoms with E-state index in [0.717, 1.165) is 13.1 Å². The molecule has 3 aliphatic rings. The maximum atomic E-state index is 14.1. The highest BCUT2D eigenvalue weighted by Crippen LogP contribution is 2.42. The minimum absolute atomic E-state index is 0.0334. The first-order valence-electron chi connectivity index (χ1n) is 18.8. The summed E-state index contributed by atoms with van der Waals surface area (Å²) in [5, 5.41) is 0. The summed E-state index contributed by atoms with van der Waals surface area (Å²) in [4.78, 5) is 30.8. The van der Waals surface area contributed by atoms with Gasteiger partial charge in [-0.2, -0.15) is 26.3 Å². The van der Waals surface area contributed by atoms with Crippen LogP contribution in [0.25, 0.3) is 0 Å². The van der Waals surface area contributed by atoms with Crippen molar-refractivity contribution in [3.63, 3.8) is 0 Å². The molecular weight excluding hydrogens is 845 g/mol. The fourth-order valence-electron chi connectivity index (χ4n) is 6.44. The second-order valence-electron chi connectivity index (χ2n) is 15.0. The monoisotopic (exact) mass is 896 g/mol. The van der Waals surface area contributed by atoms with Crippen molar-refractivity contribution in [2.75, 3.05) is 106 Å². The molecule has 0 radical (unpaired) electrons. The number of rotatable bonds is 13. The molecule has 2 aromatic carbocycles. The van der Waals surface area contributed by atoms with Gasteiger partial charge >= 0.3 is 31.4 Å². The Morgan fingerprint density at radius 2 is 1.03 bits per heavy atom. The third-order valence-corrected chi connectivity index (χ3v) is 11.2. The Labute approximate surface area is 344 Å². The molecule has 12 nitrogen and oxygen atoms in total. The summed E-state index contributed by atoms with van der Waals surface area (Å²) in [6, 6.07) is 8.40. The third-order valence-electron chi connectivity index (χ3n) is 10.5. The van der Waals surface area contributed by atoms with E-state index in [-0.39, 0.29) is 59.7 Å². The molecule has 0 aromatic heterocycles. The lowest BCUT2D eigenvalue weighted by molar-refractivity contribution is -0.143. The van der Waals surface area contributed by atoms with Crippen molar-refractivity contribution in [1.82, 2.24) is 19.6 Å². The van der Waals surface area contributed by atoms with Crippen LogP contribution in [-0.4, -0.2) is 156 Å². The lowest BCUT2D eigenvalue weighted by atomic mass is 9.75. The number of hydrogen-bond donors (Lipinski definition) is 0. The van der Waals surface area contributed by atoms with Crippen molar-refractivity contribution in [2.24, 2.45) is 0 Å². The fraction of sp³-hybridized carbons (Fsp3) is 0.632. The average molecular weight is 898 g/mol. The molecule has 0 N–H and O–H groups in total. The number of ether oxygens (including phenoxy) is 4. The molecule has 0 bridgehead atoms. The van der Waals surface area contributed by atoms with Gasteiger partial charge in [-0.1, -0.05) is 34.1 Å². The minimum Gasteiger partial charge on any atom is -0.492 e. The van der Waals surface area contributed by atoms with Gasteiger partial charge in [0.25, 0.3) is 0 Å². The van der Waals surface area contributed by atoms with Crippen molar-refractivity contribution in [3.8, 4) is 11.5 Å². The molecule has 324 valence electrons. The number of hydrogen-bond acceptors (Lipinski definition) is 12. The quantitative estimate of drug-likeness (QED) is 0.157. The Morgan fingerprint density at radius 3 is 1.43 bits per heavy atom. The van der Waals surface area contributed by atoms with Gasteiger partial charge in [0.2, 0.25) is 0 Å². The zero-order chi connectivity index (χ0) is 42.9. The summed E-state index contributed by atoms with van der Waals surface area (Å²) in [6.45, 7) is 14.6. The molecule has 0 amide bonds. The van der Waals surface area contributed by atoms with Gasteiger partial charge in [-0.25, -0.2) is 0 Å². The van der Waals surface area contributed by atoms with E-state index in [0.29, 0.717) is 52.4 Å². The van der Waals surface area contributed by atoms with E-state index >= 15 is 0 Å². The van der Waals surface area contributed by atoms with E-state index < -0.39 is 41.8 Å². The normalized spacial score (nSPS) is 19.3. The molecule has 2 aromatic rings. The molecule has 0 atom stereocenters.